The molecule has 0 aliphatic carbocycles. The Balaban J connectivity index is 1.59. The van der Waals surface area contributed by atoms with Gasteiger partial charge < -0.3 is 14.4 Å². The van der Waals surface area contributed by atoms with Crippen LogP contribution in [0.15, 0.2) is 42.5 Å². The molecule has 7 heteroatoms. The summed E-state index contributed by atoms with van der Waals surface area (Å²) in [5.41, 5.74) is 2.40. The molecule has 0 fully saturated rings. The number of unbranched alkanes of at least 4 members (excludes halogenated alkanes) is 6. The molecule has 2 heterocycles. The van der Waals surface area contributed by atoms with Gasteiger partial charge in [0.15, 0.2) is 0 Å². The summed E-state index contributed by atoms with van der Waals surface area (Å²) in [6.07, 6.45) is 8.84. The lowest BCUT2D eigenvalue weighted by Gasteiger charge is -2.30. The number of hydrogen-bond donors (Lipinski definition) is 0. The molecule has 0 saturated carbocycles. The maximum atomic E-state index is 13.3. The van der Waals surface area contributed by atoms with Crippen LogP contribution < -0.4 is 4.90 Å². The highest BCUT2D eigenvalue weighted by molar-refractivity contribution is 6.41. The number of anilines is 1. The summed E-state index contributed by atoms with van der Waals surface area (Å²) in [7, 11) is 0. The Kier molecular flexibility index (Phi) is 6.76. The standard InChI is InChI=1S/C36H33NO6/c1-3-5-7-9-17-37(18-10-8-6-4-2)27-19-26-30-25(35(40)43-36(26)41)15-12-21-20-11-14-23-29-24(34(39)42-33(23)38)16-13-22(28(20)29)31(27)32(21)30/h11-16,19H,3-10,17-18H2,1-2H3. The quantitative estimate of drug-likeness (QED) is 0.0514. The van der Waals surface area contributed by atoms with Gasteiger partial charge in [0.05, 0.1) is 22.3 Å². The van der Waals surface area contributed by atoms with E-state index in [1.807, 2.05) is 24.3 Å². The molecule has 218 valence electrons. The minimum Gasteiger partial charge on any atom is -0.386 e. The Morgan fingerprint density at radius 2 is 0.953 bits per heavy atom. The monoisotopic (exact) mass is 575 g/mol. The van der Waals surface area contributed by atoms with Gasteiger partial charge in [-0.1, -0.05) is 70.6 Å². The number of rotatable bonds is 11. The van der Waals surface area contributed by atoms with Crippen molar-refractivity contribution in [3.63, 3.8) is 0 Å². The zero-order valence-electron chi connectivity index (χ0n) is 24.5. The molecule has 0 spiro atoms. The van der Waals surface area contributed by atoms with Crippen LogP contribution in [0.1, 0.15) is 107 Å². The second kappa shape index (κ2) is 10.6. The average Bonchev–Trinajstić information content (AvgIpc) is 3.00. The van der Waals surface area contributed by atoms with E-state index in [1.165, 1.54) is 0 Å². The largest absolute Gasteiger partial charge is 0.386 e. The first-order chi connectivity index (χ1) is 20.9. The van der Waals surface area contributed by atoms with Crippen molar-refractivity contribution in [3.8, 4) is 0 Å². The number of carbonyl (C=O) groups excluding carboxylic acids is 4. The van der Waals surface area contributed by atoms with Gasteiger partial charge in [0.2, 0.25) is 0 Å². The molecule has 5 aromatic rings. The lowest BCUT2D eigenvalue weighted by Crippen LogP contribution is -2.27. The van der Waals surface area contributed by atoms with Crippen molar-refractivity contribution in [3.05, 3.63) is 64.7 Å². The minimum atomic E-state index is -0.653. The van der Waals surface area contributed by atoms with Crippen LogP contribution in [0.2, 0.25) is 0 Å². The van der Waals surface area contributed by atoms with E-state index in [4.69, 9.17) is 9.47 Å². The second-order valence-corrected chi connectivity index (χ2v) is 11.8. The molecule has 7 nitrogen and oxygen atoms in total. The topological polar surface area (TPSA) is 90.0 Å². The van der Waals surface area contributed by atoms with E-state index in [2.05, 4.69) is 18.7 Å². The zero-order valence-corrected chi connectivity index (χ0v) is 24.5. The van der Waals surface area contributed by atoms with Gasteiger partial charge in [-0.25, -0.2) is 19.2 Å². The van der Waals surface area contributed by atoms with Crippen molar-refractivity contribution in [1.82, 2.24) is 0 Å². The lowest BCUT2D eigenvalue weighted by molar-refractivity contribution is 0.0373. The number of benzene rings is 5. The second-order valence-electron chi connectivity index (χ2n) is 11.8. The Morgan fingerprint density at radius 1 is 0.488 bits per heavy atom. The minimum absolute atomic E-state index is 0.362. The van der Waals surface area contributed by atoms with Gasteiger partial charge in [-0.05, 0) is 58.7 Å². The number of cyclic esters (lactones) is 4. The van der Waals surface area contributed by atoms with Crippen molar-refractivity contribution in [1.29, 1.82) is 0 Å². The summed E-state index contributed by atoms with van der Waals surface area (Å²) < 4.78 is 10.3. The van der Waals surface area contributed by atoms with Crippen LogP contribution in [0, 0.1) is 0 Å². The molecular formula is C36H33NO6. The highest BCUT2D eigenvalue weighted by Gasteiger charge is 2.34. The van der Waals surface area contributed by atoms with Crippen LogP contribution in [0.3, 0.4) is 0 Å². The summed E-state index contributed by atoms with van der Waals surface area (Å²) in [5, 5.41) is 6.36. The molecule has 0 atom stereocenters. The fraction of sp³-hybridized carbons (Fsp3) is 0.333. The molecule has 0 N–H and O–H groups in total. The number of carbonyl (C=O) groups is 4. The first kappa shape index (κ1) is 27.3. The Labute approximate surface area is 249 Å². The summed E-state index contributed by atoms with van der Waals surface area (Å²) in [4.78, 5) is 54.3. The highest BCUT2D eigenvalue weighted by Crippen LogP contribution is 2.49. The molecule has 7 rings (SSSR count). The van der Waals surface area contributed by atoms with Gasteiger partial charge in [-0.2, -0.15) is 0 Å². The smallest absolute Gasteiger partial charge is 0.346 e. The highest BCUT2D eigenvalue weighted by atomic mass is 16.6. The molecule has 0 unspecified atom stereocenters. The fourth-order valence-electron chi connectivity index (χ4n) is 7.10. The number of fused-ring (bicyclic) bond motifs is 2. The van der Waals surface area contributed by atoms with Crippen molar-refractivity contribution >= 4 is 72.7 Å². The predicted molar refractivity (Wildman–Crippen MR) is 168 cm³/mol. The molecule has 0 aromatic heterocycles. The van der Waals surface area contributed by atoms with Gasteiger partial charge in [-0.15, -0.1) is 0 Å². The van der Waals surface area contributed by atoms with Gasteiger partial charge in [0.1, 0.15) is 0 Å². The Morgan fingerprint density at radius 3 is 1.49 bits per heavy atom. The van der Waals surface area contributed by atoms with Crippen LogP contribution in [0.5, 0.6) is 0 Å². The molecule has 0 amide bonds. The van der Waals surface area contributed by atoms with E-state index in [-0.39, 0.29) is 0 Å². The van der Waals surface area contributed by atoms with E-state index in [0.29, 0.717) is 33.0 Å². The van der Waals surface area contributed by atoms with E-state index >= 15 is 0 Å². The summed E-state index contributed by atoms with van der Waals surface area (Å²) in [5.74, 6) is -2.59. The van der Waals surface area contributed by atoms with E-state index in [9.17, 15) is 19.2 Å². The van der Waals surface area contributed by atoms with Crippen molar-refractivity contribution in [2.45, 2.75) is 65.2 Å². The number of nitrogens with zero attached hydrogens (tertiary/aromatic N) is 1. The fourth-order valence-corrected chi connectivity index (χ4v) is 7.10. The molecule has 43 heavy (non-hydrogen) atoms. The van der Waals surface area contributed by atoms with Gasteiger partial charge in [-0.3, -0.25) is 0 Å². The molecule has 0 radical (unpaired) electrons. The van der Waals surface area contributed by atoms with Crippen LogP contribution >= 0.6 is 0 Å². The average molecular weight is 576 g/mol. The Hall–Kier alpha value is -4.52. The van der Waals surface area contributed by atoms with E-state index in [1.54, 1.807) is 18.2 Å². The maximum Gasteiger partial charge on any atom is 0.346 e. The van der Waals surface area contributed by atoms with Gasteiger partial charge in [0.25, 0.3) is 0 Å². The van der Waals surface area contributed by atoms with Crippen molar-refractivity contribution in [2.75, 3.05) is 18.0 Å². The molecule has 0 saturated heterocycles. The molecule has 2 aliphatic rings. The van der Waals surface area contributed by atoms with Gasteiger partial charge in [0, 0.05) is 40.3 Å². The Bertz CT molecular complexity index is 1960. The third-order valence-corrected chi connectivity index (χ3v) is 9.14. The van der Waals surface area contributed by atoms with Crippen molar-refractivity contribution in [2.24, 2.45) is 0 Å². The third-order valence-electron chi connectivity index (χ3n) is 9.14. The van der Waals surface area contributed by atoms with Crippen LogP contribution in [0.4, 0.5) is 5.69 Å². The molecule has 0 bridgehead atoms. The lowest BCUT2D eigenvalue weighted by atomic mass is 9.82. The molecule has 5 aromatic carbocycles. The van der Waals surface area contributed by atoms with Gasteiger partial charge >= 0.3 is 23.9 Å². The van der Waals surface area contributed by atoms with Crippen LogP contribution in [0.25, 0.3) is 43.1 Å². The zero-order chi connectivity index (χ0) is 29.8. The van der Waals surface area contributed by atoms with Crippen LogP contribution in [-0.2, 0) is 9.47 Å². The van der Waals surface area contributed by atoms with Crippen molar-refractivity contribution < 1.29 is 28.7 Å². The summed E-state index contributed by atoms with van der Waals surface area (Å²) >= 11 is 0. The van der Waals surface area contributed by atoms with E-state index in [0.717, 1.165) is 102 Å². The first-order valence-electron chi connectivity index (χ1n) is 15.5. The SMILES string of the molecule is CCCCCCN(CCCCCC)c1cc2c3c(ccc4c5ccc6c7c(ccc(c1c34)c75)C(=O)OC6=O)C(=O)OC2=O. The predicted octanol–water partition coefficient (Wildman–Crippen LogP) is 8.33. The summed E-state index contributed by atoms with van der Waals surface area (Å²) in [6.45, 7) is 6.05. The maximum absolute atomic E-state index is 13.3. The number of ether oxygens (including phenoxy) is 2. The van der Waals surface area contributed by atoms with E-state index < -0.39 is 23.9 Å². The number of hydrogen-bond acceptors (Lipinski definition) is 7. The first-order valence-corrected chi connectivity index (χ1v) is 15.5. The third kappa shape index (κ3) is 4.16. The normalized spacial score (nSPS) is 14.4. The summed E-state index contributed by atoms with van der Waals surface area (Å²) in [6, 6.07) is 12.8. The van der Waals surface area contributed by atoms with Crippen LogP contribution in [-0.4, -0.2) is 37.0 Å². The number of esters is 4. The molecule has 2 aliphatic heterocycles. The molecular weight excluding hydrogens is 542 g/mol.